The second kappa shape index (κ2) is 5.84. The van der Waals surface area contributed by atoms with Crippen LogP contribution < -0.4 is 5.32 Å². The minimum Gasteiger partial charge on any atom is -0.360 e. The number of imide groups is 1. The average Bonchev–Trinajstić information content (AvgIpc) is 3.18. The third kappa shape index (κ3) is 2.38. The van der Waals surface area contributed by atoms with Gasteiger partial charge in [-0.05, 0) is 18.6 Å². The second-order valence-corrected chi connectivity index (χ2v) is 6.48. The summed E-state index contributed by atoms with van der Waals surface area (Å²) < 4.78 is 0. The van der Waals surface area contributed by atoms with E-state index < -0.39 is 17.5 Å². The van der Waals surface area contributed by atoms with E-state index in [1.165, 1.54) is 0 Å². The number of rotatable bonds is 4. The Morgan fingerprint density at radius 1 is 1.04 bits per heavy atom. The maximum Gasteiger partial charge on any atom is 0.325 e. The number of benzene rings is 2. The third-order valence-electron chi connectivity index (χ3n) is 4.82. The number of aromatic nitrogens is 1. The smallest absolute Gasteiger partial charge is 0.325 e. The fourth-order valence-electron chi connectivity index (χ4n) is 3.34. The number of amides is 3. The van der Waals surface area contributed by atoms with Gasteiger partial charge in [0.2, 0.25) is 0 Å². The van der Waals surface area contributed by atoms with Crippen molar-refractivity contribution in [3.05, 3.63) is 71.9 Å². The number of Topliss-reactive ketones (excluding diaryl/α,β-unsaturated/α-hetero) is 1. The number of nitrogens with one attached hydrogen (secondary N) is 2. The van der Waals surface area contributed by atoms with Crippen LogP contribution >= 0.6 is 0 Å². The van der Waals surface area contributed by atoms with Crippen LogP contribution in [0.25, 0.3) is 10.9 Å². The highest BCUT2D eigenvalue weighted by molar-refractivity contribution is 6.14. The van der Waals surface area contributed by atoms with Crippen LogP contribution in [0.5, 0.6) is 0 Å². The molecule has 0 aliphatic carbocycles. The summed E-state index contributed by atoms with van der Waals surface area (Å²) in [5.74, 6) is -0.717. The van der Waals surface area contributed by atoms with Crippen LogP contribution in [0, 0.1) is 0 Å². The number of hydrogen-bond donors (Lipinski definition) is 2. The molecule has 2 heterocycles. The number of urea groups is 1. The zero-order valence-electron chi connectivity index (χ0n) is 14.2. The van der Waals surface area contributed by atoms with Crippen molar-refractivity contribution < 1.29 is 14.4 Å². The van der Waals surface area contributed by atoms with E-state index in [1.807, 2.05) is 30.3 Å². The maximum atomic E-state index is 12.9. The Morgan fingerprint density at radius 2 is 1.73 bits per heavy atom. The van der Waals surface area contributed by atoms with Crippen molar-refractivity contribution in [3.8, 4) is 0 Å². The van der Waals surface area contributed by atoms with Gasteiger partial charge in [-0.1, -0.05) is 48.5 Å². The number of aromatic amines is 1. The molecule has 1 unspecified atom stereocenters. The van der Waals surface area contributed by atoms with Crippen molar-refractivity contribution in [1.82, 2.24) is 15.2 Å². The van der Waals surface area contributed by atoms with Gasteiger partial charge in [0, 0.05) is 22.7 Å². The molecule has 1 fully saturated rings. The molecule has 26 heavy (non-hydrogen) atoms. The summed E-state index contributed by atoms with van der Waals surface area (Å²) in [5.41, 5.74) is 0.816. The van der Waals surface area contributed by atoms with Crippen LogP contribution in [0.1, 0.15) is 22.8 Å². The largest absolute Gasteiger partial charge is 0.360 e. The van der Waals surface area contributed by atoms with E-state index in [2.05, 4.69) is 10.3 Å². The minimum absolute atomic E-state index is 0.289. The highest BCUT2D eigenvalue weighted by atomic mass is 16.2. The molecule has 1 aliphatic rings. The van der Waals surface area contributed by atoms with Crippen LogP contribution in [0.3, 0.4) is 0 Å². The average molecular weight is 347 g/mol. The lowest BCUT2D eigenvalue weighted by Gasteiger charge is -2.22. The standard InChI is InChI=1S/C20H17N3O3/c1-20(13-7-3-2-4-8-13)18(25)23(19(26)22-20)12-17(24)15-11-21-16-10-6-5-9-14(15)16/h2-11,21H,12H2,1H3,(H,22,26). The van der Waals surface area contributed by atoms with E-state index in [1.54, 1.807) is 37.4 Å². The molecule has 1 aromatic heterocycles. The number of nitrogens with zero attached hydrogens (tertiary/aromatic N) is 1. The summed E-state index contributed by atoms with van der Waals surface area (Å²) in [7, 11) is 0. The second-order valence-electron chi connectivity index (χ2n) is 6.48. The zero-order valence-corrected chi connectivity index (χ0v) is 14.2. The lowest BCUT2D eigenvalue weighted by Crippen LogP contribution is -2.41. The number of fused-ring (bicyclic) bond motifs is 1. The summed E-state index contributed by atoms with van der Waals surface area (Å²) in [6.07, 6.45) is 1.61. The number of carbonyl (C=O) groups is 3. The molecule has 6 nitrogen and oxygen atoms in total. The Balaban J connectivity index is 1.61. The molecule has 1 aliphatic heterocycles. The van der Waals surface area contributed by atoms with Crippen molar-refractivity contribution in [2.24, 2.45) is 0 Å². The molecule has 6 heteroatoms. The topological polar surface area (TPSA) is 82.3 Å². The van der Waals surface area contributed by atoms with Crippen molar-refractivity contribution in [3.63, 3.8) is 0 Å². The fraction of sp³-hybridized carbons (Fsp3) is 0.150. The predicted molar refractivity (Wildman–Crippen MR) is 96.7 cm³/mol. The van der Waals surface area contributed by atoms with E-state index in [4.69, 9.17) is 0 Å². The highest BCUT2D eigenvalue weighted by Gasteiger charge is 2.49. The molecule has 4 rings (SSSR count). The van der Waals surface area contributed by atoms with Gasteiger partial charge in [0.05, 0.1) is 6.54 Å². The van der Waals surface area contributed by atoms with Gasteiger partial charge in [0.15, 0.2) is 5.78 Å². The van der Waals surface area contributed by atoms with Crippen LogP contribution in [0.4, 0.5) is 4.79 Å². The molecule has 0 spiro atoms. The minimum atomic E-state index is -1.17. The molecule has 0 saturated carbocycles. The van der Waals surface area contributed by atoms with Crippen molar-refractivity contribution in [1.29, 1.82) is 0 Å². The molecule has 2 N–H and O–H groups in total. The van der Waals surface area contributed by atoms with Crippen LogP contribution in [-0.4, -0.2) is 34.2 Å². The van der Waals surface area contributed by atoms with E-state index >= 15 is 0 Å². The van der Waals surface area contributed by atoms with Gasteiger partial charge < -0.3 is 10.3 Å². The summed E-state index contributed by atoms with van der Waals surface area (Å²) in [4.78, 5) is 42.0. The van der Waals surface area contributed by atoms with Gasteiger partial charge in [-0.15, -0.1) is 0 Å². The molecule has 3 aromatic rings. The highest BCUT2D eigenvalue weighted by Crippen LogP contribution is 2.29. The summed E-state index contributed by atoms with van der Waals surface area (Å²) in [5, 5.41) is 3.49. The zero-order chi connectivity index (χ0) is 18.3. The molecule has 130 valence electrons. The SMILES string of the molecule is CC1(c2ccccc2)NC(=O)N(CC(=O)c2c[nH]c3ccccc23)C1=O. The first-order chi connectivity index (χ1) is 12.5. The normalized spacial score (nSPS) is 19.8. The Labute approximate surface area is 149 Å². The first kappa shape index (κ1) is 16.1. The number of ketones is 1. The van der Waals surface area contributed by atoms with Crippen LogP contribution in [-0.2, 0) is 10.3 Å². The van der Waals surface area contributed by atoms with Gasteiger partial charge in [0.25, 0.3) is 5.91 Å². The van der Waals surface area contributed by atoms with Crippen molar-refractivity contribution >= 4 is 28.6 Å². The Kier molecular flexibility index (Phi) is 3.61. The van der Waals surface area contributed by atoms with E-state index in [0.717, 1.165) is 15.8 Å². The Bertz CT molecular complexity index is 1020. The van der Waals surface area contributed by atoms with Crippen molar-refractivity contribution in [2.75, 3.05) is 6.54 Å². The van der Waals surface area contributed by atoms with Gasteiger partial charge in [0.1, 0.15) is 5.54 Å². The third-order valence-corrected chi connectivity index (χ3v) is 4.82. The number of H-pyrrole nitrogens is 1. The summed E-state index contributed by atoms with van der Waals surface area (Å²) in [6, 6.07) is 15.9. The lowest BCUT2D eigenvalue weighted by atomic mass is 9.92. The van der Waals surface area contributed by atoms with Gasteiger partial charge >= 0.3 is 6.03 Å². The number of para-hydroxylation sites is 1. The van der Waals surface area contributed by atoms with Gasteiger partial charge in [-0.3, -0.25) is 14.5 Å². The predicted octanol–water partition coefficient (Wildman–Crippen LogP) is 2.82. The quantitative estimate of drug-likeness (QED) is 0.562. The number of hydrogen-bond acceptors (Lipinski definition) is 3. The van der Waals surface area contributed by atoms with E-state index in [9.17, 15) is 14.4 Å². The monoisotopic (exact) mass is 347 g/mol. The molecule has 1 atom stereocenters. The number of carbonyl (C=O) groups excluding carboxylic acids is 3. The molecule has 0 bridgehead atoms. The fourth-order valence-corrected chi connectivity index (χ4v) is 3.34. The molecule has 1 saturated heterocycles. The first-order valence-corrected chi connectivity index (χ1v) is 8.29. The molecular weight excluding hydrogens is 330 g/mol. The Morgan fingerprint density at radius 3 is 2.50 bits per heavy atom. The van der Waals surface area contributed by atoms with Crippen LogP contribution in [0.15, 0.2) is 60.8 Å². The molecule has 0 radical (unpaired) electrons. The Hall–Kier alpha value is -3.41. The van der Waals surface area contributed by atoms with E-state index in [0.29, 0.717) is 11.1 Å². The maximum absolute atomic E-state index is 12.9. The molecule has 2 aromatic carbocycles. The van der Waals surface area contributed by atoms with Crippen molar-refractivity contribution in [2.45, 2.75) is 12.5 Å². The first-order valence-electron chi connectivity index (χ1n) is 8.29. The molecular formula is C20H17N3O3. The summed E-state index contributed by atoms with van der Waals surface area (Å²) in [6.45, 7) is 1.35. The van der Waals surface area contributed by atoms with Gasteiger partial charge in [-0.2, -0.15) is 0 Å². The molecule has 3 amide bonds. The van der Waals surface area contributed by atoms with E-state index in [-0.39, 0.29) is 12.3 Å². The van der Waals surface area contributed by atoms with Crippen LogP contribution in [0.2, 0.25) is 0 Å². The summed E-state index contributed by atoms with van der Waals surface area (Å²) >= 11 is 0. The van der Waals surface area contributed by atoms with Gasteiger partial charge in [-0.25, -0.2) is 4.79 Å². The lowest BCUT2D eigenvalue weighted by molar-refractivity contribution is -0.130.